The highest BCUT2D eigenvalue weighted by atomic mass is 35.5. The van der Waals surface area contributed by atoms with Crippen molar-refractivity contribution in [1.29, 1.82) is 0 Å². The Labute approximate surface area is 149 Å². The topological polar surface area (TPSA) is 132 Å². The molecule has 1 aromatic carbocycles. The minimum atomic E-state index is -4.05. The number of carbonyl (C=O) groups excluding carboxylic acids is 1. The summed E-state index contributed by atoms with van der Waals surface area (Å²) in [6.07, 6.45) is -0.638. The van der Waals surface area contributed by atoms with Gasteiger partial charge in [0.15, 0.2) is 5.75 Å². The quantitative estimate of drug-likeness (QED) is 0.739. The summed E-state index contributed by atoms with van der Waals surface area (Å²) in [6.45, 7) is 0. The van der Waals surface area contributed by atoms with Crippen LogP contribution in [0, 0.1) is 0 Å². The third kappa shape index (κ3) is 5.06. The smallest absolute Gasteiger partial charge is 0.491 e. The van der Waals surface area contributed by atoms with E-state index in [4.69, 9.17) is 9.84 Å². The summed E-state index contributed by atoms with van der Waals surface area (Å²) in [5.41, 5.74) is -0.149. The second kappa shape index (κ2) is 8.31. The first kappa shape index (κ1) is 20.2. The Hall–Kier alpha value is -2.85. The van der Waals surface area contributed by atoms with Crippen LogP contribution in [0.3, 0.4) is 0 Å². The summed E-state index contributed by atoms with van der Waals surface area (Å²) in [7, 11) is -2.83. The number of aromatic nitrogens is 1. The van der Waals surface area contributed by atoms with Crippen molar-refractivity contribution in [2.24, 2.45) is 0 Å². The number of rotatable bonds is 5. The monoisotopic (exact) mass is 388 g/mol. The summed E-state index contributed by atoms with van der Waals surface area (Å²) in [6, 6.07) is 8.44. The lowest BCUT2D eigenvalue weighted by atomic mass is 10.2. The van der Waals surface area contributed by atoms with Gasteiger partial charge in [0, 0.05) is 12.3 Å². The standard InChI is InChI=1S/C14H12N2O7S.ClH/c1-22-11-7-9(8-15-13(11)23-14(18)19)12(17)16-24(20,21)10-5-3-2-4-6-10;/h2-8H,1H3,(H,16,17)(H,18,19);1H. The van der Waals surface area contributed by atoms with Crippen LogP contribution in [0.2, 0.25) is 0 Å². The van der Waals surface area contributed by atoms with E-state index in [9.17, 15) is 18.0 Å². The molecule has 2 aromatic rings. The highest BCUT2D eigenvalue weighted by Gasteiger charge is 2.20. The number of nitrogens with zero attached hydrogens (tertiary/aromatic N) is 1. The van der Waals surface area contributed by atoms with Gasteiger partial charge in [-0.2, -0.15) is 0 Å². The van der Waals surface area contributed by atoms with Crippen molar-refractivity contribution >= 4 is 34.5 Å². The van der Waals surface area contributed by atoms with Gasteiger partial charge in [0.2, 0.25) is 0 Å². The van der Waals surface area contributed by atoms with E-state index in [0.717, 1.165) is 12.3 Å². The Morgan fingerprint density at radius 3 is 2.40 bits per heavy atom. The molecular weight excluding hydrogens is 376 g/mol. The molecule has 0 atom stereocenters. The van der Waals surface area contributed by atoms with Crippen molar-refractivity contribution in [2.45, 2.75) is 4.90 Å². The number of halogens is 1. The zero-order valence-corrected chi connectivity index (χ0v) is 14.3. The lowest BCUT2D eigenvalue weighted by Crippen LogP contribution is -2.30. The predicted octanol–water partition coefficient (Wildman–Crippen LogP) is 1.69. The largest absolute Gasteiger partial charge is 0.512 e. The molecule has 25 heavy (non-hydrogen) atoms. The number of hydrogen-bond donors (Lipinski definition) is 2. The number of methoxy groups -OCH3 is 1. The molecule has 1 aromatic heterocycles. The lowest BCUT2D eigenvalue weighted by Gasteiger charge is -2.09. The maximum absolute atomic E-state index is 12.1. The Bertz CT molecular complexity index is 872. The average molecular weight is 389 g/mol. The molecular formula is C14H13ClN2O7S. The number of nitrogens with one attached hydrogen (secondary N) is 1. The highest BCUT2D eigenvalue weighted by Crippen LogP contribution is 2.25. The van der Waals surface area contributed by atoms with Crippen molar-refractivity contribution in [3.63, 3.8) is 0 Å². The van der Waals surface area contributed by atoms with Crippen molar-refractivity contribution in [3.05, 3.63) is 48.2 Å². The van der Waals surface area contributed by atoms with E-state index in [1.165, 1.54) is 31.4 Å². The predicted molar refractivity (Wildman–Crippen MR) is 87.8 cm³/mol. The first-order chi connectivity index (χ1) is 11.3. The van der Waals surface area contributed by atoms with Gasteiger partial charge < -0.3 is 14.6 Å². The zero-order valence-electron chi connectivity index (χ0n) is 12.7. The fraction of sp³-hybridized carbons (Fsp3) is 0.0714. The van der Waals surface area contributed by atoms with Gasteiger partial charge in [0.1, 0.15) is 0 Å². The minimum Gasteiger partial charge on any atom is -0.491 e. The summed E-state index contributed by atoms with van der Waals surface area (Å²) >= 11 is 0. The number of pyridine rings is 1. The summed E-state index contributed by atoms with van der Waals surface area (Å²) in [5.74, 6) is -1.46. The van der Waals surface area contributed by atoms with Gasteiger partial charge in [-0.1, -0.05) is 18.2 Å². The molecule has 0 unspecified atom stereocenters. The van der Waals surface area contributed by atoms with Crippen molar-refractivity contribution in [2.75, 3.05) is 7.11 Å². The summed E-state index contributed by atoms with van der Waals surface area (Å²) in [4.78, 5) is 26.2. The number of benzene rings is 1. The summed E-state index contributed by atoms with van der Waals surface area (Å²) in [5, 5.41) is 8.57. The number of sulfonamides is 1. The van der Waals surface area contributed by atoms with E-state index in [0.29, 0.717) is 0 Å². The van der Waals surface area contributed by atoms with Crippen LogP contribution in [-0.4, -0.2) is 37.7 Å². The van der Waals surface area contributed by atoms with Crippen molar-refractivity contribution < 1.29 is 32.6 Å². The second-order valence-electron chi connectivity index (χ2n) is 4.35. The molecule has 9 nitrogen and oxygen atoms in total. The molecule has 11 heteroatoms. The molecule has 0 aliphatic carbocycles. The lowest BCUT2D eigenvalue weighted by molar-refractivity contribution is 0.0980. The maximum Gasteiger partial charge on any atom is 0.512 e. The van der Waals surface area contributed by atoms with Gasteiger partial charge >= 0.3 is 6.16 Å². The number of ether oxygens (including phenoxy) is 2. The number of hydrogen-bond acceptors (Lipinski definition) is 7. The number of amides is 1. The van der Waals surface area contributed by atoms with Gasteiger partial charge in [0.25, 0.3) is 21.8 Å². The van der Waals surface area contributed by atoms with Gasteiger partial charge in [-0.25, -0.2) is 22.9 Å². The van der Waals surface area contributed by atoms with Crippen LogP contribution < -0.4 is 14.2 Å². The molecule has 0 spiro atoms. The van der Waals surface area contributed by atoms with Crippen molar-refractivity contribution in [1.82, 2.24) is 9.71 Å². The molecule has 2 rings (SSSR count). The zero-order chi connectivity index (χ0) is 17.7. The Kier molecular flexibility index (Phi) is 6.71. The maximum atomic E-state index is 12.1. The fourth-order valence-corrected chi connectivity index (χ4v) is 2.70. The van der Waals surface area contributed by atoms with Crippen LogP contribution in [-0.2, 0) is 10.0 Å². The van der Waals surface area contributed by atoms with Crippen LogP contribution >= 0.6 is 12.4 Å². The van der Waals surface area contributed by atoms with E-state index in [2.05, 4.69) is 9.72 Å². The molecule has 0 saturated carbocycles. The highest BCUT2D eigenvalue weighted by molar-refractivity contribution is 7.90. The molecule has 0 aliphatic rings. The number of carboxylic acid groups (broad SMARTS) is 1. The van der Waals surface area contributed by atoms with Gasteiger partial charge in [-0.15, -0.1) is 12.4 Å². The van der Waals surface area contributed by atoms with Gasteiger partial charge in [-0.3, -0.25) is 4.79 Å². The fourth-order valence-electron chi connectivity index (χ4n) is 1.70. The van der Waals surface area contributed by atoms with E-state index in [1.54, 1.807) is 6.07 Å². The molecule has 1 amide bonds. The first-order valence-electron chi connectivity index (χ1n) is 6.40. The molecule has 0 saturated heterocycles. The van der Waals surface area contributed by atoms with E-state index >= 15 is 0 Å². The van der Waals surface area contributed by atoms with Gasteiger partial charge in [-0.05, 0) is 12.1 Å². The minimum absolute atomic E-state index is 0. The third-order valence-electron chi connectivity index (χ3n) is 2.76. The molecule has 0 aliphatic heterocycles. The van der Waals surface area contributed by atoms with Crippen LogP contribution in [0.5, 0.6) is 11.6 Å². The molecule has 1 heterocycles. The molecule has 134 valence electrons. The SMILES string of the molecule is COc1cc(C(=O)NS(=O)(=O)c2ccccc2)cnc1OC(=O)O.Cl. The first-order valence-corrected chi connectivity index (χ1v) is 7.89. The Morgan fingerprint density at radius 1 is 1.20 bits per heavy atom. The normalized spacial score (nSPS) is 10.3. The molecule has 0 fully saturated rings. The third-order valence-corrected chi connectivity index (χ3v) is 4.11. The Balaban J connectivity index is 0.00000312. The van der Waals surface area contributed by atoms with Crippen LogP contribution in [0.25, 0.3) is 0 Å². The summed E-state index contributed by atoms with van der Waals surface area (Å²) < 4.78 is 35.3. The Morgan fingerprint density at radius 2 is 1.84 bits per heavy atom. The van der Waals surface area contributed by atoms with E-state index in [1.807, 2.05) is 4.72 Å². The number of carbonyl (C=O) groups is 2. The van der Waals surface area contributed by atoms with Crippen LogP contribution in [0.15, 0.2) is 47.5 Å². The molecule has 0 bridgehead atoms. The van der Waals surface area contributed by atoms with Crippen LogP contribution in [0.4, 0.5) is 4.79 Å². The second-order valence-corrected chi connectivity index (χ2v) is 6.03. The molecule has 0 radical (unpaired) electrons. The van der Waals surface area contributed by atoms with Gasteiger partial charge in [0.05, 0.1) is 17.6 Å². The van der Waals surface area contributed by atoms with Crippen molar-refractivity contribution in [3.8, 4) is 11.6 Å². The van der Waals surface area contributed by atoms with E-state index < -0.39 is 22.1 Å². The van der Waals surface area contributed by atoms with E-state index in [-0.39, 0.29) is 34.5 Å². The molecule has 2 N–H and O–H groups in total. The van der Waals surface area contributed by atoms with Crippen LogP contribution in [0.1, 0.15) is 10.4 Å². The average Bonchev–Trinajstić information content (AvgIpc) is 2.55.